The van der Waals surface area contributed by atoms with Crippen LogP contribution in [0.25, 0.3) is 0 Å². The molecule has 0 aromatic carbocycles. The SMILES string of the molecule is COCCOC(C(C)=O)C(C)C(=O)OC(C)(C)C. The third-order valence-corrected chi connectivity index (χ3v) is 2.22. The zero-order chi connectivity index (χ0) is 14.3. The van der Waals surface area contributed by atoms with Crippen LogP contribution in [0.5, 0.6) is 0 Å². The molecule has 0 amide bonds. The van der Waals surface area contributed by atoms with Gasteiger partial charge in [-0.3, -0.25) is 9.59 Å². The lowest BCUT2D eigenvalue weighted by Crippen LogP contribution is -2.38. The third-order valence-electron chi connectivity index (χ3n) is 2.22. The molecule has 5 heteroatoms. The molecule has 0 N–H and O–H groups in total. The fourth-order valence-corrected chi connectivity index (χ4v) is 1.39. The van der Waals surface area contributed by atoms with E-state index in [4.69, 9.17) is 14.2 Å². The van der Waals surface area contributed by atoms with Gasteiger partial charge in [0.25, 0.3) is 0 Å². The number of Topliss-reactive ketones (excluding diaryl/α,β-unsaturated/α-hetero) is 1. The van der Waals surface area contributed by atoms with Crippen LogP contribution in [0.15, 0.2) is 0 Å². The van der Waals surface area contributed by atoms with Gasteiger partial charge in [-0.1, -0.05) is 0 Å². The number of rotatable bonds is 7. The lowest BCUT2D eigenvalue weighted by atomic mass is 10.0. The molecule has 106 valence electrons. The number of ketones is 1. The first-order valence-corrected chi connectivity index (χ1v) is 6.03. The number of methoxy groups -OCH3 is 1. The molecule has 0 bridgehead atoms. The Kier molecular flexibility index (Phi) is 7.09. The van der Waals surface area contributed by atoms with E-state index < -0.39 is 23.6 Å². The van der Waals surface area contributed by atoms with E-state index in [0.717, 1.165) is 0 Å². The van der Waals surface area contributed by atoms with E-state index in [-0.39, 0.29) is 12.4 Å². The molecule has 2 unspecified atom stereocenters. The van der Waals surface area contributed by atoms with Gasteiger partial charge >= 0.3 is 5.97 Å². The first-order chi connectivity index (χ1) is 8.19. The Morgan fingerprint density at radius 1 is 1.17 bits per heavy atom. The summed E-state index contributed by atoms with van der Waals surface area (Å²) in [7, 11) is 1.55. The maximum atomic E-state index is 11.9. The first kappa shape index (κ1) is 17.1. The molecule has 0 aliphatic rings. The highest BCUT2D eigenvalue weighted by Gasteiger charge is 2.32. The lowest BCUT2D eigenvalue weighted by Gasteiger charge is -2.25. The number of esters is 1. The number of ether oxygens (including phenoxy) is 3. The molecule has 0 aromatic rings. The molecule has 0 heterocycles. The zero-order valence-electron chi connectivity index (χ0n) is 12.1. The van der Waals surface area contributed by atoms with Crippen LogP contribution in [-0.4, -0.2) is 43.8 Å². The molecule has 0 saturated carbocycles. The molecule has 0 aromatic heterocycles. The molecule has 0 rings (SSSR count). The summed E-state index contributed by atoms with van der Waals surface area (Å²) in [6.45, 7) is 9.04. The van der Waals surface area contributed by atoms with Crippen molar-refractivity contribution in [2.75, 3.05) is 20.3 Å². The average Bonchev–Trinajstić information content (AvgIpc) is 2.20. The van der Waals surface area contributed by atoms with Crippen LogP contribution in [0.3, 0.4) is 0 Å². The number of hydrogen-bond donors (Lipinski definition) is 0. The van der Waals surface area contributed by atoms with Gasteiger partial charge in [0.2, 0.25) is 0 Å². The molecule has 0 aliphatic carbocycles. The summed E-state index contributed by atoms with van der Waals surface area (Å²) < 4.78 is 15.4. The van der Waals surface area contributed by atoms with Crippen LogP contribution >= 0.6 is 0 Å². The van der Waals surface area contributed by atoms with E-state index in [1.165, 1.54) is 6.92 Å². The second-order valence-corrected chi connectivity index (χ2v) is 5.22. The minimum absolute atomic E-state index is 0.190. The first-order valence-electron chi connectivity index (χ1n) is 6.03. The van der Waals surface area contributed by atoms with Crippen molar-refractivity contribution in [1.82, 2.24) is 0 Å². The van der Waals surface area contributed by atoms with Crippen molar-refractivity contribution in [3.8, 4) is 0 Å². The molecular weight excluding hydrogens is 236 g/mol. The lowest BCUT2D eigenvalue weighted by molar-refractivity contribution is -0.167. The second kappa shape index (κ2) is 7.48. The normalized spacial score (nSPS) is 15.0. The van der Waals surface area contributed by atoms with Crippen LogP contribution in [0.4, 0.5) is 0 Å². The van der Waals surface area contributed by atoms with E-state index >= 15 is 0 Å². The van der Waals surface area contributed by atoms with Gasteiger partial charge in [0.15, 0.2) is 5.78 Å². The Hall–Kier alpha value is -0.940. The molecule has 0 fully saturated rings. The van der Waals surface area contributed by atoms with Crippen LogP contribution in [0, 0.1) is 5.92 Å². The van der Waals surface area contributed by atoms with Crippen LogP contribution in [0.1, 0.15) is 34.6 Å². The molecule has 0 spiro atoms. The maximum Gasteiger partial charge on any atom is 0.312 e. The third kappa shape index (κ3) is 6.71. The summed E-state index contributed by atoms with van der Waals surface area (Å²) in [5, 5.41) is 0. The second-order valence-electron chi connectivity index (χ2n) is 5.22. The largest absolute Gasteiger partial charge is 0.460 e. The predicted molar refractivity (Wildman–Crippen MR) is 67.3 cm³/mol. The average molecular weight is 260 g/mol. The molecule has 18 heavy (non-hydrogen) atoms. The topological polar surface area (TPSA) is 61.8 Å². The van der Waals surface area contributed by atoms with Crippen LogP contribution in [-0.2, 0) is 23.8 Å². The summed E-state index contributed by atoms with van der Waals surface area (Å²) in [6.07, 6.45) is -0.782. The van der Waals surface area contributed by atoms with Crippen molar-refractivity contribution < 1.29 is 23.8 Å². The van der Waals surface area contributed by atoms with Crippen LogP contribution < -0.4 is 0 Å². The van der Waals surface area contributed by atoms with Crippen molar-refractivity contribution >= 4 is 11.8 Å². The van der Waals surface area contributed by atoms with Gasteiger partial charge < -0.3 is 14.2 Å². The number of hydrogen-bond acceptors (Lipinski definition) is 5. The Labute approximate surface area is 109 Å². The highest BCUT2D eigenvalue weighted by molar-refractivity contribution is 5.87. The fraction of sp³-hybridized carbons (Fsp3) is 0.846. The highest BCUT2D eigenvalue weighted by atomic mass is 16.6. The Balaban J connectivity index is 4.51. The smallest absolute Gasteiger partial charge is 0.312 e. The molecule has 0 aliphatic heterocycles. The van der Waals surface area contributed by atoms with E-state index in [2.05, 4.69) is 0 Å². The van der Waals surface area contributed by atoms with Crippen molar-refractivity contribution in [2.24, 2.45) is 5.92 Å². The summed E-state index contributed by atoms with van der Waals surface area (Å²) in [5.74, 6) is -1.25. The predicted octanol–water partition coefficient (Wildman–Crippen LogP) is 1.58. The Morgan fingerprint density at radius 2 is 1.72 bits per heavy atom. The summed E-state index contributed by atoms with van der Waals surface area (Å²) in [4.78, 5) is 23.3. The maximum absolute atomic E-state index is 11.9. The van der Waals surface area contributed by atoms with Gasteiger partial charge in [-0.15, -0.1) is 0 Å². The fourth-order valence-electron chi connectivity index (χ4n) is 1.39. The number of carbonyl (C=O) groups excluding carboxylic acids is 2. The quantitative estimate of drug-likeness (QED) is 0.514. The summed E-state index contributed by atoms with van der Waals surface area (Å²) in [5.41, 5.74) is -0.570. The highest BCUT2D eigenvalue weighted by Crippen LogP contribution is 2.16. The van der Waals surface area contributed by atoms with Gasteiger partial charge in [-0.2, -0.15) is 0 Å². The Morgan fingerprint density at radius 3 is 2.11 bits per heavy atom. The standard InChI is InChI=1S/C13H24O5/c1-9(12(15)18-13(3,4)5)11(10(2)14)17-8-7-16-6/h9,11H,7-8H2,1-6H3. The van der Waals surface area contributed by atoms with Gasteiger partial charge in [0.1, 0.15) is 11.7 Å². The molecule has 5 nitrogen and oxygen atoms in total. The van der Waals surface area contributed by atoms with Crippen molar-refractivity contribution in [3.63, 3.8) is 0 Å². The van der Waals surface area contributed by atoms with E-state index in [9.17, 15) is 9.59 Å². The summed E-state index contributed by atoms with van der Waals surface area (Å²) in [6, 6.07) is 0. The van der Waals surface area contributed by atoms with Crippen molar-refractivity contribution in [2.45, 2.75) is 46.3 Å². The van der Waals surface area contributed by atoms with E-state index in [0.29, 0.717) is 6.61 Å². The van der Waals surface area contributed by atoms with Gasteiger partial charge in [-0.25, -0.2) is 0 Å². The number of carbonyl (C=O) groups is 2. The minimum Gasteiger partial charge on any atom is -0.460 e. The van der Waals surface area contributed by atoms with Gasteiger partial charge in [0.05, 0.1) is 19.1 Å². The van der Waals surface area contributed by atoms with Crippen molar-refractivity contribution in [1.29, 1.82) is 0 Å². The summed E-state index contributed by atoms with van der Waals surface area (Å²) >= 11 is 0. The zero-order valence-corrected chi connectivity index (χ0v) is 12.1. The molecule has 0 saturated heterocycles. The van der Waals surface area contributed by atoms with Gasteiger partial charge in [0, 0.05) is 7.11 Å². The Bertz CT molecular complexity index is 280. The molecule has 2 atom stereocenters. The van der Waals surface area contributed by atoms with E-state index in [1.54, 1.807) is 34.8 Å². The van der Waals surface area contributed by atoms with Crippen molar-refractivity contribution in [3.05, 3.63) is 0 Å². The minimum atomic E-state index is -0.782. The molecule has 0 radical (unpaired) electrons. The van der Waals surface area contributed by atoms with Gasteiger partial charge in [-0.05, 0) is 34.6 Å². The van der Waals surface area contributed by atoms with E-state index in [1.807, 2.05) is 0 Å². The van der Waals surface area contributed by atoms with Crippen LogP contribution in [0.2, 0.25) is 0 Å². The molecular formula is C13H24O5. The monoisotopic (exact) mass is 260 g/mol.